The Kier molecular flexibility index (Phi) is 6.83. The molecule has 0 bridgehead atoms. The lowest BCUT2D eigenvalue weighted by Gasteiger charge is -2.38. The molecule has 1 aromatic rings. The Morgan fingerprint density at radius 3 is 2.10 bits per heavy atom. The van der Waals surface area contributed by atoms with Crippen LogP contribution in [0.4, 0.5) is 30.7 Å². The van der Waals surface area contributed by atoms with E-state index in [1.54, 1.807) is 59.8 Å². The fraction of sp³-hybridized carbons (Fsp3) is 0.611. The first-order valence-electron chi connectivity index (χ1n) is 8.59. The van der Waals surface area contributed by atoms with Crippen LogP contribution in [-0.4, -0.2) is 39.5 Å². The molecular formula is C18H19F7INO2. The van der Waals surface area contributed by atoms with Crippen LogP contribution in [0.2, 0.25) is 0 Å². The maximum Gasteiger partial charge on any atom is 0.431 e. The molecule has 1 aromatic carbocycles. The van der Waals surface area contributed by atoms with Crippen molar-refractivity contribution < 1.29 is 40.4 Å². The lowest BCUT2D eigenvalue weighted by molar-refractivity contribution is -0.348. The Bertz CT molecular complexity index is 709. The molecule has 1 aliphatic heterocycles. The van der Waals surface area contributed by atoms with Gasteiger partial charge in [-0.1, -0.05) is 66.8 Å². The molecule has 1 amide bonds. The van der Waals surface area contributed by atoms with E-state index >= 15 is 0 Å². The van der Waals surface area contributed by atoms with Crippen molar-refractivity contribution in [2.45, 2.75) is 48.8 Å². The van der Waals surface area contributed by atoms with Gasteiger partial charge in [0.2, 0.25) is 0 Å². The molecule has 1 fully saturated rings. The smallest absolute Gasteiger partial charge is 0.272 e. The van der Waals surface area contributed by atoms with Crippen molar-refractivity contribution >= 4 is 28.5 Å². The van der Waals surface area contributed by atoms with Crippen molar-refractivity contribution in [2.75, 3.05) is 6.54 Å². The second-order valence-corrected chi connectivity index (χ2v) is 9.27. The van der Waals surface area contributed by atoms with Crippen LogP contribution in [0.3, 0.4) is 0 Å². The zero-order chi connectivity index (χ0) is 22.3. The maximum absolute atomic E-state index is 14.4. The second-order valence-electron chi connectivity index (χ2n) is 7.30. The van der Waals surface area contributed by atoms with Crippen LogP contribution in [0.5, 0.6) is 0 Å². The number of carbonyl (C=O) groups is 1. The molecule has 0 aromatic heterocycles. The molecule has 1 saturated heterocycles. The number of alkyl halides is 8. The highest BCUT2D eigenvalue weighted by Crippen LogP contribution is 2.56. The molecule has 3 atom stereocenters. The molecular weight excluding hydrogens is 522 g/mol. The van der Waals surface area contributed by atoms with Gasteiger partial charge in [-0.15, -0.1) is 0 Å². The number of benzene rings is 1. The van der Waals surface area contributed by atoms with E-state index in [2.05, 4.69) is 0 Å². The predicted octanol–water partition coefficient (Wildman–Crippen LogP) is 5.63. The molecule has 0 saturated carbocycles. The first kappa shape index (κ1) is 24.2. The highest BCUT2D eigenvalue weighted by atomic mass is 127. The van der Waals surface area contributed by atoms with Crippen LogP contribution in [0, 0.1) is 11.3 Å². The van der Waals surface area contributed by atoms with Crippen molar-refractivity contribution in [2.24, 2.45) is 11.3 Å². The summed E-state index contributed by atoms with van der Waals surface area (Å²) in [6.07, 6.45) is -14.5. The monoisotopic (exact) mass is 541 g/mol. The van der Waals surface area contributed by atoms with E-state index in [1.807, 2.05) is 0 Å². The number of hydrogen-bond acceptors (Lipinski definition) is 2. The quantitative estimate of drug-likeness (QED) is 0.266. The Balaban J connectivity index is 2.33. The number of hydrogen-bond donors (Lipinski definition) is 0. The van der Waals surface area contributed by atoms with Gasteiger partial charge in [0.15, 0.2) is 0 Å². The van der Waals surface area contributed by atoms with E-state index in [9.17, 15) is 35.5 Å². The first-order valence-corrected chi connectivity index (χ1v) is 9.83. The standard InChI is InChI=1S/C18H19F7INO2/c1-11(26)13-8-27(29-9-12-6-4-3-5-7-12)14(28)15(13,2)10-16(19,17(20,21)22)18(23,24)25/h3-7,11,13H,8-10H2,1-2H3/t11?,13-,15+/m0/s1. The van der Waals surface area contributed by atoms with Crippen LogP contribution in [0.15, 0.2) is 30.3 Å². The van der Waals surface area contributed by atoms with Gasteiger partial charge in [0, 0.05) is 16.3 Å². The summed E-state index contributed by atoms with van der Waals surface area (Å²) in [5.74, 6) is -2.08. The third-order valence-corrected chi connectivity index (χ3v) is 6.06. The molecule has 1 heterocycles. The van der Waals surface area contributed by atoms with E-state index in [0.29, 0.717) is 5.56 Å². The van der Waals surface area contributed by atoms with Crippen LogP contribution < -0.4 is 0 Å². The van der Waals surface area contributed by atoms with Crippen molar-refractivity contribution in [1.82, 2.24) is 5.06 Å². The number of carbonyl (C=O) groups excluding carboxylic acids is 1. The Labute approximate surface area is 176 Å². The van der Waals surface area contributed by atoms with Crippen molar-refractivity contribution in [3.05, 3.63) is 35.9 Å². The summed E-state index contributed by atoms with van der Waals surface area (Å²) >= 11 is 1.80. The summed E-state index contributed by atoms with van der Waals surface area (Å²) in [5.41, 5.74) is -7.11. The van der Waals surface area contributed by atoms with E-state index in [1.165, 1.54) is 0 Å². The van der Waals surface area contributed by atoms with Gasteiger partial charge in [0.05, 0.1) is 12.0 Å². The number of rotatable bonds is 6. The minimum atomic E-state index is -6.22. The van der Waals surface area contributed by atoms with Crippen molar-refractivity contribution in [1.29, 1.82) is 0 Å². The molecule has 3 nitrogen and oxygen atoms in total. The summed E-state index contributed by atoms with van der Waals surface area (Å²) in [6.45, 7) is 2.13. The maximum atomic E-state index is 14.4. The van der Waals surface area contributed by atoms with Gasteiger partial charge in [-0.2, -0.15) is 26.3 Å². The largest absolute Gasteiger partial charge is 0.431 e. The summed E-state index contributed by atoms with van der Waals surface area (Å²) in [7, 11) is 0. The highest BCUT2D eigenvalue weighted by molar-refractivity contribution is 14.1. The van der Waals surface area contributed by atoms with Gasteiger partial charge in [-0.25, -0.2) is 9.45 Å². The van der Waals surface area contributed by atoms with Gasteiger partial charge in [0.1, 0.15) is 6.61 Å². The van der Waals surface area contributed by atoms with Crippen LogP contribution in [0.25, 0.3) is 0 Å². The summed E-state index contributed by atoms with van der Waals surface area (Å²) < 4.78 is 92.5. The zero-order valence-electron chi connectivity index (χ0n) is 15.5. The molecule has 29 heavy (non-hydrogen) atoms. The number of halogens is 8. The third-order valence-electron chi connectivity index (χ3n) is 5.19. The number of hydroxylamine groups is 2. The minimum absolute atomic E-state index is 0.107. The molecule has 0 spiro atoms. The molecule has 1 aliphatic rings. The minimum Gasteiger partial charge on any atom is -0.272 e. The summed E-state index contributed by atoms with van der Waals surface area (Å²) in [5, 5.41) is 0.750. The third kappa shape index (κ3) is 4.64. The van der Waals surface area contributed by atoms with Gasteiger partial charge in [-0.05, 0) is 5.56 Å². The molecule has 2 rings (SSSR count). The van der Waals surface area contributed by atoms with Crippen molar-refractivity contribution in [3.63, 3.8) is 0 Å². The van der Waals surface area contributed by atoms with Gasteiger partial charge >= 0.3 is 12.4 Å². The molecule has 0 radical (unpaired) electrons. The molecule has 0 N–H and O–H groups in total. The molecule has 164 valence electrons. The molecule has 1 unspecified atom stereocenters. The predicted molar refractivity (Wildman–Crippen MR) is 98.6 cm³/mol. The Morgan fingerprint density at radius 2 is 1.66 bits per heavy atom. The lowest BCUT2D eigenvalue weighted by Crippen LogP contribution is -2.57. The number of amides is 1. The van der Waals surface area contributed by atoms with Crippen LogP contribution >= 0.6 is 22.6 Å². The van der Waals surface area contributed by atoms with Gasteiger partial charge in [-0.3, -0.25) is 9.63 Å². The van der Waals surface area contributed by atoms with Crippen molar-refractivity contribution in [3.8, 4) is 0 Å². The fourth-order valence-electron chi connectivity index (χ4n) is 3.47. The van der Waals surface area contributed by atoms with Gasteiger partial charge in [0.25, 0.3) is 11.6 Å². The fourth-order valence-corrected chi connectivity index (χ4v) is 4.49. The normalized spacial score (nSPS) is 24.8. The topological polar surface area (TPSA) is 29.5 Å². The van der Waals surface area contributed by atoms with E-state index in [4.69, 9.17) is 4.84 Å². The SMILES string of the molecule is CC(I)[C@@H]1CN(OCc2ccccc2)C(=O)[C@]1(C)CC(F)(C(F)(F)F)C(F)(F)F. The lowest BCUT2D eigenvalue weighted by atomic mass is 9.70. The summed E-state index contributed by atoms with van der Waals surface area (Å²) in [4.78, 5) is 18.1. The number of nitrogens with zero attached hydrogens (tertiary/aromatic N) is 1. The Morgan fingerprint density at radius 1 is 1.14 bits per heavy atom. The first-order chi connectivity index (χ1) is 13.1. The Hall–Kier alpha value is -1.11. The van der Waals surface area contributed by atoms with E-state index in [0.717, 1.165) is 12.0 Å². The summed E-state index contributed by atoms with van der Waals surface area (Å²) in [6, 6.07) is 8.50. The van der Waals surface area contributed by atoms with E-state index in [-0.39, 0.29) is 13.2 Å². The molecule has 0 aliphatic carbocycles. The highest BCUT2D eigenvalue weighted by Gasteiger charge is 2.75. The van der Waals surface area contributed by atoms with Crippen LogP contribution in [0.1, 0.15) is 25.8 Å². The second kappa shape index (κ2) is 8.20. The van der Waals surface area contributed by atoms with Gasteiger partial charge < -0.3 is 0 Å². The van der Waals surface area contributed by atoms with E-state index < -0.39 is 45.6 Å². The molecule has 11 heteroatoms. The van der Waals surface area contributed by atoms with Crippen LogP contribution in [-0.2, 0) is 16.2 Å². The zero-order valence-corrected chi connectivity index (χ0v) is 17.6. The average Bonchev–Trinajstić information content (AvgIpc) is 2.83. The average molecular weight is 541 g/mol.